The number of nitrogens with zero attached hydrogens (tertiary/aromatic N) is 3. The predicted molar refractivity (Wildman–Crippen MR) is 79.8 cm³/mol. The van der Waals surface area contributed by atoms with Gasteiger partial charge in [0, 0.05) is 32.9 Å². The van der Waals surface area contributed by atoms with Crippen molar-refractivity contribution in [1.82, 2.24) is 4.90 Å². The maximum Gasteiger partial charge on any atom is 0.226 e. The van der Waals surface area contributed by atoms with Crippen molar-refractivity contribution in [3.05, 3.63) is 28.8 Å². The van der Waals surface area contributed by atoms with E-state index < -0.39 is 0 Å². The Labute approximate surface area is 124 Å². The number of anilines is 1. The first kappa shape index (κ1) is 14.7. The quantitative estimate of drug-likeness (QED) is 0.841. The second-order valence-corrected chi connectivity index (χ2v) is 5.70. The van der Waals surface area contributed by atoms with Crippen LogP contribution in [0.5, 0.6) is 0 Å². The van der Waals surface area contributed by atoms with Gasteiger partial charge in [-0.15, -0.1) is 0 Å². The fraction of sp³-hybridized carbons (Fsp3) is 0.467. The molecule has 2 rings (SSSR count). The SMILES string of the molecule is CN(C)C(=O)C1CCCN(c2ccc(C#N)c(Cl)c2)C1. The van der Waals surface area contributed by atoms with Crippen LogP contribution in [-0.2, 0) is 4.79 Å². The van der Waals surface area contributed by atoms with Crippen LogP contribution in [-0.4, -0.2) is 38.0 Å². The van der Waals surface area contributed by atoms with Crippen LogP contribution < -0.4 is 4.90 Å². The Morgan fingerprint density at radius 2 is 2.25 bits per heavy atom. The molecule has 0 bridgehead atoms. The Morgan fingerprint density at radius 3 is 2.85 bits per heavy atom. The number of carbonyl (C=O) groups is 1. The van der Waals surface area contributed by atoms with Crippen LogP contribution in [0.4, 0.5) is 5.69 Å². The molecule has 1 aliphatic rings. The third-order valence-electron chi connectivity index (χ3n) is 3.65. The molecule has 0 aliphatic carbocycles. The van der Waals surface area contributed by atoms with Crippen LogP contribution >= 0.6 is 11.6 Å². The van der Waals surface area contributed by atoms with Gasteiger partial charge in [-0.3, -0.25) is 4.79 Å². The minimum atomic E-state index is 0.0353. The summed E-state index contributed by atoms with van der Waals surface area (Å²) in [5, 5.41) is 9.36. The fourth-order valence-electron chi connectivity index (χ4n) is 2.57. The number of hydrogen-bond donors (Lipinski definition) is 0. The number of piperidine rings is 1. The summed E-state index contributed by atoms with van der Waals surface area (Å²) in [4.78, 5) is 15.9. The first-order chi connectivity index (χ1) is 9.52. The number of rotatable bonds is 2. The van der Waals surface area contributed by atoms with Crippen molar-refractivity contribution in [3.63, 3.8) is 0 Å². The van der Waals surface area contributed by atoms with E-state index in [0.717, 1.165) is 25.1 Å². The van der Waals surface area contributed by atoms with E-state index in [-0.39, 0.29) is 11.8 Å². The van der Waals surface area contributed by atoms with Gasteiger partial charge in [0.2, 0.25) is 5.91 Å². The number of hydrogen-bond acceptors (Lipinski definition) is 3. The van der Waals surface area contributed by atoms with Crippen molar-refractivity contribution in [1.29, 1.82) is 5.26 Å². The topological polar surface area (TPSA) is 47.3 Å². The summed E-state index contributed by atoms with van der Waals surface area (Å²) >= 11 is 6.07. The highest BCUT2D eigenvalue weighted by molar-refractivity contribution is 6.32. The highest BCUT2D eigenvalue weighted by atomic mass is 35.5. The van der Waals surface area contributed by atoms with Crippen molar-refractivity contribution in [3.8, 4) is 6.07 Å². The van der Waals surface area contributed by atoms with E-state index in [9.17, 15) is 4.79 Å². The summed E-state index contributed by atoms with van der Waals surface area (Å²) in [5.41, 5.74) is 1.46. The minimum Gasteiger partial charge on any atom is -0.371 e. The average Bonchev–Trinajstić information content (AvgIpc) is 2.46. The Hall–Kier alpha value is -1.73. The number of benzene rings is 1. The molecule has 1 saturated heterocycles. The Balaban J connectivity index is 2.15. The van der Waals surface area contributed by atoms with E-state index in [1.165, 1.54) is 0 Å². The third kappa shape index (κ3) is 3.05. The van der Waals surface area contributed by atoms with Crippen molar-refractivity contribution in [2.45, 2.75) is 12.8 Å². The highest BCUT2D eigenvalue weighted by Crippen LogP contribution is 2.27. The Kier molecular flexibility index (Phi) is 4.51. The summed E-state index contributed by atoms with van der Waals surface area (Å²) < 4.78 is 0. The maximum atomic E-state index is 12.1. The van der Waals surface area contributed by atoms with Gasteiger partial charge in [-0.25, -0.2) is 0 Å². The zero-order valence-corrected chi connectivity index (χ0v) is 12.5. The molecule has 5 heteroatoms. The highest BCUT2D eigenvalue weighted by Gasteiger charge is 2.27. The van der Waals surface area contributed by atoms with Crippen molar-refractivity contribution >= 4 is 23.2 Å². The van der Waals surface area contributed by atoms with Crippen LogP contribution in [0.1, 0.15) is 18.4 Å². The lowest BCUT2D eigenvalue weighted by atomic mass is 9.96. The van der Waals surface area contributed by atoms with Crippen molar-refractivity contribution in [2.75, 3.05) is 32.1 Å². The van der Waals surface area contributed by atoms with Gasteiger partial charge in [0.05, 0.1) is 16.5 Å². The summed E-state index contributed by atoms with van der Waals surface area (Å²) in [5.74, 6) is 0.211. The van der Waals surface area contributed by atoms with Gasteiger partial charge >= 0.3 is 0 Å². The molecule has 0 aromatic heterocycles. The number of amides is 1. The Morgan fingerprint density at radius 1 is 1.50 bits per heavy atom. The van der Waals surface area contributed by atoms with E-state index in [1.807, 2.05) is 12.1 Å². The van der Waals surface area contributed by atoms with Crippen LogP contribution in [0, 0.1) is 17.2 Å². The molecule has 1 fully saturated rings. The van der Waals surface area contributed by atoms with E-state index in [4.69, 9.17) is 16.9 Å². The monoisotopic (exact) mass is 291 g/mol. The predicted octanol–water partition coefficient (Wildman–Crippen LogP) is 2.52. The first-order valence-electron chi connectivity index (χ1n) is 6.68. The summed E-state index contributed by atoms with van der Waals surface area (Å²) in [6.45, 7) is 1.62. The third-order valence-corrected chi connectivity index (χ3v) is 3.96. The molecule has 20 heavy (non-hydrogen) atoms. The zero-order valence-electron chi connectivity index (χ0n) is 11.8. The molecule has 0 N–H and O–H groups in total. The molecule has 4 nitrogen and oxygen atoms in total. The summed E-state index contributed by atoms with van der Waals surface area (Å²) in [6, 6.07) is 7.49. The number of carbonyl (C=O) groups excluding carboxylic acids is 1. The normalized spacial score (nSPS) is 18.5. The average molecular weight is 292 g/mol. The summed E-state index contributed by atoms with van der Waals surface area (Å²) in [6.07, 6.45) is 1.92. The second kappa shape index (κ2) is 6.15. The molecule has 1 amide bonds. The molecule has 1 aliphatic heterocycles. The standard InChI is InChI=1S/C15H18ClN3O/c1-18(2)15(20)12-4-3-7-19(10-12)13-6-5-11(9-17)14(16)8-13/h5-6,8,12H,3-4,7,10H2,1-2H3. The number of halogens is 1. The second-order valence-electron chi connectivity index (χ2n) is 5.29. The van der Waals surface area contributed by atoms with E-state index in [0.29, 0.717) is 17.1 Å². The molecule has 1 heterocycles. The first-order valence-corrected chi connectivity index (χ1v) is 7.06. The Bertz CT molecular complexity index is 551. The molecule has 1 atom stereocenters. The van der Waals surface area contributed by atoms with Crippen LogP contribution in [0.3, 0.4) is 0 Å². The van der Waals surface area contributed by atoms with Gasteiger partial charge in [0.15, 0.2) is 0 Å². The molecule has 1 aromatic carbocycles. The van der Waals surface area contributed by atoms with Gasteiger partial charge in [0.25, 0.3) is 0 Å². The molecular weight excluding hydrogens is 274 g/mol. The lowest BCUT2D eigenvalue weighted by molar-refractivity contribution is -0.133. The molecule has 0 spiro atoms. The van der Waals surface area contributed by atoms with Crippen LogP contribution in [0.25, 0.3) is 0 Å². The molecule has 1 unspecified atom stereocenters. The van der Waals surface area contributed by atoms with Crippen LogP contribution in [0.2, 0.25) is 5.02 Å². The molecular formula is C15H18ClN3O. The van der Waals surface area contributed by atoms with Crippen LogP contribution in [0.15, 0.2) is 18.2 Å². The maximum absolute atomic E-state index is 12.1. The number of nitriles is 1. The van der Waals surface area contributed by atoms with Crippen molar-refractivity contribution < 1.29 is 4.79 Å². The van der Waals surface area contributed by atoms with Gasteiger partial charge in [0.1, 0.15) is 6.07 Å². The zero-order chi connectivity index (χ0) is 14.7. The van der Waals surface area contributed by atoms with Gasteiger partial charge in [-0.2, -0.15) is 5.26 Å². The lowest BCUT2D eigenvalue weighted by Crippen LogP contribution is -2.42. The fourth-order valence-corrected chi connectivity index (χ4v) is 2.79. The smallest absolute Gasteiger partial charge is 0.226 e. The molecule has 0 saturated carbocycles. The molecule has 106 valence electrons. The van der Waals surface area contributed by atoms with E-state index in [2.05, 4.69) is 11.0 Å². The van der Waals surface area contributed by atoms with E-state index >= 15 is 0 Å². The largest absolute Gasteiger partial charge is 0.371 e. The lowest BCUT2D eigenvalue weighted by Gasteiger charge is -2.34. The van der Waals surface area contributed by atoms with Gasteiger partial charge in [-0.1, -0.05) is 11.6 Å². The van der Waals surface area contributed by atoms with Gasteiger partial charge < -0.3 is 9.80 Å². The van der Waals surface area contributed by atoms with Crippen molar-refractivity contribution in [2.24, 2.45) is 5.92 Å². The summed E-state index contributed by atoms with van der Waals surface area (Å²) in [7, 11) is 3.58. The van der Waals surface area contributed by atoms with E-state index in [1.54, 1.807) is 25.1 Å². The minimum absolute atomic E-state index is 0.0353. The molecule has 0 radical (unpaired) electrons. The molecule has 1 aromatic rings. The van der Waals surface area contributed by atoms with Gasteiger partial charge in [-0.05, 0) is 31.0 Å².